The number of nitriles is 1. The number of piperidine rings is 1. The normalized spacial score (nSPS) is 25.1. The largest absolute Gasteiger partial charge is 0.277 e. The Morgan fingerprint density at radius 1 is 1.12 bits per heavy atom. The molecule has 0 N–H and O–H groups in total. The summed E-state index contributed by atoms with van der Waals surface area (Å²) < 4.78 is 0. The summed E-state index contributed by atoms with van der Waals surface area (Å²) in [5.74, 6) is 0. The van der Waals surface area contributed by atoms with Gasteiger partial charge in [-0.2, -0.15) is 10.3 Å². The van der Waals surface area contributed by atoms with Gasteiger partial charge in [0.15, 0.2) is 5.60 Å². The standard InChI is InChI=1S/C13H24N2O/c1-11(2)8-7-9-12(3,4)15(11)16-13(5,6)10-14/h7-9H2,1-6H3. The maximum atomic E-state index is 9.06. The van der Waals surface area contributed by atoms with Crippen LogP contribution >= 0.6 is 0 Å². The monoisotopic (exact) mass is 224 g/mol. The van der Waals surface area contributed by atoms with Gasteiger partial charge in [0.1, 0.15) is 0 Å². The van der Waals surface area contributed by atoms with Crippen LogP contribution in [0.4, 0.5) is 0 Å². The van der Waals surface area contributed by atoms with E-state index in [1.54, 1.807) is 0 Å². The van der Waals surface area contributed by atoms with Crippen molar-refractivity contribution in [3.8, 4) is 6.07 Å². The maximum absolute atomic E-state index is 9.06. The Kier molecular flexibility index (Phi) is 3.38. The quantitative estimate of drug-likeness (QED) is 0.722. The van der Waals surface area contributed by atoms with Gasteiger partial charge in [0.25, 0.3) is 0 Å². The van der Waals surface area contributed by atoms with E-state index in [0.29, 0.717) is 0 Å². The van der Waals surface area contributed by atoms with E-state index in [4.69, 9.17) is 10.1 Å². The van der Waals surface area contributed by atoms with Crippen molar-refractivity contribution in [3.63, 3.8) is 0 Å². The summed E-state index contributed by atoms with van der Waals surface area (Å²) >= 11 is 0. The third-order valence-electron chi connectivity index (χ3n) is 3.27. The zero-order valence-electron chi connectivity index (χ0n) is 11.4. The molecule has 0 aromatic heterocycles. The fourth-order valence-corrected chi connectivity index (χ4v) is 2.47. The van der Waals surface area contributed by atoms with Gasteiger partial charge in [-0.3, -0.25) is 4.84 Å². The highest BCUT2D eigenvalue weighted by molar-refractivity contribution is 4.98. The van der Waals surface area contributed by atoms with Crippen LogP contribution in [0.3, 0.4) is 0 Å². The number of hydrogen-bond acceptors (Lipinski definition) is 3. The summed E-state index contributed by atoms with van der Waals surface area (Å²) in [6.07, 6.45) is 3.43. The predicted octanol–water partition coefficient (Wildman–Crippen LogP) is 3.26. The molecule has 3 nitrogen and oxygen atoms in total. The number of hydroxylamine groups is 2. The molecule has 0 atom stereocenters. The van der Waals surface area contributed by atoms with Crippen LogP contribution in [0.5, 0.6) is 0 Å². The number of hydrogen-bond donors (Lipinski definition) is 0. The van der Waals surface area contributed by atoms with E-state index in [2.05, 4.69) is 33.8 Å². The van der Waals surface area contributed by atoms with Crippen LogP contribution in [0.2, 0.25) is 0 Å². The molecule has 0 radical (unpaired) electrons. The molecular formula is C13H24N2O. The molecule has 16 heavy (non-hydrogen) atoms. The lowest BCUT2D eigenvalue weighted by molar-refractivity contribution is -0.315. The Bertz CT molecular complexity index is 284. The van der Waals surface area contributed by atoms with Crippen molar-refractivity contribution >= 4 is 0 Å². The van der Waals surface area contributed by atoms with E-state index in [1.807, 2.05) is 18.9 Å². The summed E-state index contributed by atoms with van der Waals surface area (Å²) in [7, 11) is 0. The molecule has 1 aliphatic rings. The van der Waals surface area contributed by atoms with E-state index >= 15 is 0 Å². The summed E-state index contributed by atoms with van der Waals surface area (Å²) in [6.45, 7) is 12.4. The molecule has 0 amide bonds. The van der Waals surface area contributed by atoms with Gasteiger partial charge >= 0.3 is 0 Å². The first-order valence-electron chi connectivity index (χ1n) is 6.01. The highest BCUT2D eigenvalue weighted by Gasteiger charge is 2.44. The fraction of sp³-hybridized carbons (Fsp3) is 0.923. The van der Waals surface area contributed by atoms with Gasteiger partial charge in [0.05, 0.1) is 6.07 Å². The predicted molar refractivity (Wildman–Crippen MR) is 64.6 cm³/mol. The second kappa shape index (κ2) is 4.01. The van der Waals surface area contributed by atoms with E-state index in [-0.39, 0.29) is 11.1 Å². The molecule has 1 fully saturated rings. The van der Waals surface area contributed by atoms with Crippen molar-refractivity contribution in [2.45, 2.75) is 77.5 Å². The summed E-state index contributed by atoms with van der Waals surface area (Å²) in [5.41, 5.74) is -0.766. The van der Waals surface area contributed by atoms with Crippen LogP contribution in [-0.4, -0.2) is 21.7 Å². The van der Waals surface area contributed by atoms with Crippen LogP contribution in [0, 0.1) is 11.3 Å². The van der Waals surface area contributed by atoms with E-state index in [9.17, 15) is 0 Å². The van der Waals surface area contributed by atoms with E-state index in [0.717, 1.165) is 12.8 Å². The lowest BCUT2D eigenvalue weighted by Gasteiger charge is -2.52. The Morgan fingerprint density at radius 3 is 1.94 bits per heavy atom. The Hall–Kier alpha value is -0.590. The minimum Gasteiger partial charge on any atom is -0.277 e. The molecule has 0 spiro atoms. The minimum absolute atomic E-state index is 0.00410. The first-order valence-corrected chi connectivity index (χ1v) is 6.01. The molecular weight excluding hydrogens is 200 g/mol. The molecule has 0 aliphatic carbocycles. The molecule has 3 heteroatoms. The summed E-state index contributed by atoms with van der Waals surface area (Å²) in [6, 6.07) is 2.20. The topological polar surface area (TPSA) is 36.3 Å². The lowest BCUT2D eigenvalue weighted by Crippen LogP contribution is -2.60. The third-order valence-corrected chi connectivity index (χ3v) is 3.27. The molecule has 0 saturated carbocycles. The SMILES string of the molecule is CC(C)(C#N)ON1C(C)(C)CCCC1(C)C. The zero-order chi connectivity index (χ0) is 12.6. The molecule has 0 bridgehead atoms. The molecule has 0 aromatic rings. The highest BCUT2D eigenvalue weighted by atomic mass is 16.7. The molecule has 1 rings (SSSR count). The highest BCUT2D eigenvalue weighted by Crippen LogP contribution is 2.39. The van der Waals surface area contributed by atoms with Crippen molar-refractivity contribution < 1.29 is 4.84 Å². The Labute approximate surface area is 99.3 Å². The van der Waals surface area contributed by atoms with Crippen molar-refractivity contribution in [3.05, 3.63) is 0 Å². The van der Waals surface area contributed by atoms with E-state index in [1.165, 1.54) is 6.42 Å². The van der Waals surface area contributed by atoms with Gasteiger partial charge in [-0.1, -0.05) is 0 Å². The molecule has 92 valence electrons. The van der Waals surface area contributed by atoms with Gasteiger partial charge in [-0.05, 0) is 60.8 Å². The van der Waals surface area contributed by atoms with Crippen LogP contribution in [0.25, 0.3) is 0 Å². The maximum Gasteiger partial charge on any atom is 0.170 e. The Morgan fingerprint density at radius 2 is 1.56 bits per heavy atom. The van der Waals surface area contributed by atoms with Gasteiger partial charge < -0.3 is 0 Å². The third kappa shape index (κ3) is 2.75. The van der Waals surface area contributed by atoms with Crippen molar-refractivity contribution in [2.75, 3.05) is 0 Å². The van der Waals surface area contributed by atoms with Crippen molar-refractivity contribution in [2.24, 2.45) is 0 Å². The van der Waals surface area contributed by atoms with Crippen molar-refractivity contribution in [1.29, 1.82) is 5.26 Å². The van der Waals surface area contributed by atoms with E-state index < -0.39 is 5.60 Å². The first-order chi connectivity index (χ1) is 7.11. The average Bonchev–Trinajstić information content (AvgIpc) is 2.11. The zero-order valence-corrected chi connectivity index (χ0v) is 11.4. The lowest BCUT2D eigenvalue weighted by atomic mass is 9.82. The van der Waals surface area contributed by atoms with Gasteiger partial charge in [0, 0.05) is 11.1 Å². The van der Waals surface area contributed by atoms with Crippen LogP contribution in [0.1, 0.15) is 60.8 Å². The molecule has 1 saturated heterocycles. The smallest absolute Gasteiger partial charge is 0.170 e. The van der Waals surface area contributed by atoms with Gasteiger partial charge in [0.2, 0.25) is 0 Å². The minimum atomic E-state index is -0.758. The molecule has 0 unspecified atom stereocenters. The Balaban J connectivity index is 2.93. The van der Waals surface area contributed by atoms with Crippen molar-refractivity contribution in [1.82, 2.24) is 5.06 Å². The molecule has 1 heterocycles. The van der Waals surface area contributed by atoms with Crippen LogP contribution < -0.4 is 0 Å². The first kappa shape index (κ1) is 13.5. The second-order valence-electron chi connectivity index (χ2n) is 6.49. The molecule has 0 aromatic carbocycles. The van der Waals surface area contributed by atoms with Crippen LogP contribution in [0.15, 0.2) is 0 Å². The number of nitrogens with zero attached hydrogens (tertiary/aromatic N) is 2. The fourth-order valence-electron chi connectivity index (χ4n) is 2.47. The van der Waals surface area contributed by atoms with Gasteiger partial charge in [-0.15, -0.1) is 0 Å². The number of rotatable bonds is 2. The molecule has 1 aliphatic heterocycles. The summed E-state index contributed by atoms with van der Waals surface area (Å²) in [4.78, 5) is 5.93. The van der Waals surface area contributed by atoms with Gasteiger partial charge in [-0.25, -0.2) is 0 Å². The average molecular weight is 224 g/mol. The summed E-state index contributed by atoms with van der Waals surface area (Å²) in [5, 5.41) is 11.1. The second-order valence-corrected chi connectivity index (χ2v) is 6.49. The van der Waals surface area contributed by atoms with Crippen LogP contribution in [-0.2, 0) is 4.84 Å².